The number of furan rings is 1. The number of rotatable bonds is 7. The zero-order chi connectivity index (χ0) is 22.0. The summed E-state index contributed by atoms with van der Waals surface area (Å²) in [6, 6.07) is 15.7. The van der Waals surface area contributed by atoms with Crippen LogP contribution in [-0.4, -0.2) is 22.6 Å². The van der Waals surface area contributed by atoms with E-state index in [1.54, 1.807) is 6.26 Å². The van der Waals surface area contributed by atoms with Crippen LogP contribution in [0.5, 0.6) is 0 Å². The lowest BCUT2D eigenvalue weighted by molar-refractivity contribution is 0.613. The Morgan fingerprint density at radius 3 is 2.65 bits per heavy atom. The first-order chi connectivity index (χ1) is 15.0. The molecule has 0 spiro atoms. The van der Waals surface area contributed by atoms with Crippen molar-refractivity contribution in [3.8, 4) is 11.3 Å². The van der Waals surface area contributed by atoms with Crippen molar-refractivity contribution in [2.45, 2.75) is 26.8 Å². The summed E-state index contributed by atoms with van der Waals surface area (Å²) in [5.41, 5.74) is 5.60. The third-order valence-electron chi connectivity index (χ3n) is 5.21. The molecule has 0 saturated heterocycles. The molecule has 2 aromatic heterocycles. The second kappa shape index (κ2) is 8.39. The summed E-state index contributed by atoms with van der Waals surface area (Å²) in [7, 11) is 0. The number of aryl methyl sites for hydroxylation is 2. The molecule has 0 aliphatic carbocycles. The summed E-state index contributed by atoms with van der Waals surface area (Å²) >= 11 is 0. The topological polar surface area (TPSA) is 102 Å². The fourth-order valence-electron chi connectivity index (χ4n) is 3.55. The number of hydrogen-bond donors (Lipinski definition) is 3. The minimum Gasteiger partial charge on any atom is -0.464 e. The van der Waals surface area contributed by atoms with E-state index in [0.717, 1.165) is 57.5 Å². The van der Waals surface area contributed by atoms with E-state index in [1.165, 1.54) is 4.90 Å². The lowest BCUT2D eigenvalue weighted by Crippen LogP contribution is -2.18. The first-order valence-corrected chi connectivity index (χ1v) is 9.98. The van der Waals surface area contributed by atoms with Crippen molar-refractivity contribution >= 4 is 35.2 Å². The molecule has 0 aliphatic heterocycles. The van der Waals surface area contributed by atoms with Gasteiger partial charge >= 0.3 is 0 Å². The minimum atomic E-state index is -0.0287. The summed E-state index contributed by atoms with van der Waals surface area (Å²) in [5.74, 6) is 1.42. The average Bonchev–Trinajstić information content (AvgIpc) is 3.14. The fraction of sp³-hybridized carbons (Fsp3) is 0.167. The molecule has 0 fully saturated rings. The van der Waals surface area contributed by atoms with Crippen LogP contribution in [-0.2, 0) is 0 Å². The normalized spacial score (nSPS) is 11.8. The molecule has 1 atom stereocenters. The smallest absolute Gasteiger partial charge is 0.134 e. The van der Waals surface area contributed by atoms with Crippen LogP contribution in [0.3, 0.4) is 0 Å². The van der Waals surface area contributed by atoms with Crippen LogP contribution >= 0.6 is 0 Å². The zero-order valence-electron chi connectivity index (χ0n) is 17.7. The van der Waals surface area contributed by atoms with Crippen LogP contribution < -0.4 is 10.2 Å². The van der Waals surface area contributed by atoms with Crippen LogP contribution in [0.4, 0.5) is 11.5 Å². The van der Waals surface area contributed by atoms with Gasteiger partial charge in [-0.25, -0.2) is 9.97 Å². The zero-order valence-corrected chi connectivity index (χ0v) is 17.7. The van der Waals surface area contributed by atoms with Crippen LogP contribution in [0, 0.1) is 24.7 Å². The summed E-state index contributed by atoms with van der Waals surface area (Å²) in [5, 5.41) is 19.4. The summed E-state index contributed by atoms with van der Waals surface area (Å²) in [4.78, 5) is 10.6. The van der Waals surface area contributed by atoms with Crippen LogP contribution in [0.1, 0.15) is 31.3 Å². The van der Waals surface area contributed by atoms with Gasteiger partial charge in [0.15, 0.2) is 0 Å². The van der Waals surface area contributed by atoms with E-state index in [9.17, 15) is 0 Å². The highest BCUT2D eigenvalue weighted by molar-refractivity contribution is 5.97. The van der Waals surface area contributed by atoms with Crippen molar-refractivity contribution in [2.75, 3.05) is 10.2 Å². The minimum absolute atomic E-state index is 0. The molecule has 2 aromatic carbocycles. The van der Waals surface area contributed by atoms with E-state index in [4.69, 9.17) is 15.2 Å². The third-order valence-corrected chi connectivity index (χ3v) is 5.21. The predicted octanol–water partition coefficient (Wildman–Crippen LogP) is 5.95. The molecule has 7 nitrogen and oxygen atoms in total. The highest BCUT2D eigenvalue weighted by Gasteiger charge is 2.12. The van der Waals surface area contributed by atoms with E-state index in [0.29, 0.717) is 5.82 Å². The number of benzene rings is 2. The Balaban J connectivity index is 0.00000289. The molecule has 0 radical (unpaired) electrons. The number of aromatic nitrogens is 2. The molecule has 1 unspecified atom stereocenters. The third kappa shape index (κ3) is 4.16. The Bertz CT molecular complexity index is 1260. The van der Waals surface area contributed by atoms with Gasteiger partial charge < -0.3 is 9.73 Å². The molecule has 4 aromatic rings. The van der Waals surface area contributed by atoms with Gasteiger partial charge in [-0.2, -0.15) is 0 Å². The van der Waals surface area contributed by atoms with Crippen molar-refractivity contribution in [1.82, 2.24) is 9.97 Å². The van der Waals surface area contributed by atoms with E-state index in [-0.39, 0.29) is 7.47 Å². The van der Waals surface area contributed by atoms with Crippen molar-refractivity contribution in [1.29, 1.82) is 10.8 Å². The predicted molar refractivity (Wildman–Crippen MR) is 127 cm³/mol. The van der Waals surface area contributed by atoms with Crippen LogP contribution in [0.2, 0.25) is 0 Å². The highest BCUT2D eigenvalue weighted by Crippen LogP contribution is 2.29. The number of nitrogens with zero attached hydrogens (tertiary/aromatic N) is 3. The molecular formula is C24H26N6O. The largest absolute Gasteiger partial charge is 0.464 e. The van der Waals surface area contributed by atoms with Gasteiger partial charge in [-0.3, -0.25) is 15.7 Å². The molecule has 0 saturated carbocycles. The summed E-state index contributed by atoms with van der Waals surface area (Å²) < 4.78 is 5.55. The van der Waals surface area contributed by atoms with Crippen LogP contribution in [0.15, 0.2) is 59.2 Å². The van der Waals surface area contributed by atoms with Gasteiger partial charge in [-0.05, 0) is 62.2 Å². The fourth-order valence-corrected chi connectivity index (χ4v) is 3.55. The maximum Gasteiger partial charge on any atom is 0.134 e. The first kappa shape index (κ1) is 20.3. The molecular weight excluding hydrogens is 388 g/mol. The lowest BCUT2D eigenvalue weighted by atomic mass is 10.1. The first-order valence-electron chi connectivity index (χ1n) is 9.98. The Morgan fingerprint density at radius 1 is 1.06 bits per heavy atom. The Labute approximate surface area is 182 Å². The van der Waals surface area contributed by atoms with Crippen molar-refractivity contribution in [3.63, 3.8) is 0 Å². The molecule has 4 rings (SSSR count). The maximum absolute atomic E-state index is 7.45. The molecule has 31 heavy (non-hydrogen) atoms. The molecule has 3 N–H and O–H groups in total. The Hall–Kier alpha value is -4.00. The van der Waals surface area contributed by atoms with E-state index in [1.807, 2.05) is 56.3 Å². The van der Waals surface area contributed by atoms with Crippen molar-refractivity contribution in [2.24, 2.45) is 0 Å². The number of fused-ring (bicyclic) bond motifs is 1. The quantitative estimate of drug-likeness (QED) is 0.256. The van der Waals surface area contributed by atoms with E-state index in [2.05, 4.69) is 28.3 Å². The Kier molecular flexibility index (Phi) is 5.49. The molecule has 2 heterocycles. The molecule has 7 heteroatoms. The molecule has 0 aliphatic rings. The number of nitrogens with one attached hydrogen (secondary N) is 3. The van der Waals surface area contributed by atoms with Gasteiger partial charge in [0.25, 0.3) is 0 Å². The van der Waals surface area contributed by atoms with E-state index < -0.39 is 0 Å². The van der Waals surface area contributed by atoms with Crippen molar-refractivity contribution < 1.29 is 5.84 Å². The summed E-state index contributed by atoms with van der Waals surface area (Å²) in [6.07, 6.45) is 3.99. The summed E-state index contributed by atoms with van der Waals surface area (Å²) in [6.45, 7) is 5.96. The Morgan fingerprint density at radius 2 is 1.87 bits per heavy atom. The molecule has 0 bridgehead atoms. The van der Waals surface area contributed by atoms with Gasteiger partial charge in [-0.15, -0.1) is 0 Å². The van der Waals surface area contributed by atoms with Crippen molar-refractivity contribution in [3.05, 3.63) is 71.7 Å². The van der Waals surface area contributed by atoms with Crippen LogP contribution in [0.25, 0.3) is 22.2 Å². The van der Waals surface area contributed by atoms with Gasteiger partial charge in [0, 0.05) is 24.1 Å². The number of hydrogen-bond acceptors (Lipinski definition) is 6. The number of anilines is 2. The SMILES string of the molecule is Cc1nc(NC(C)c2cccc(N(C=N)C=N)c2)cc(-c2ccc3occ(C)c3c2)n1.[HH]. The molecule has 0 amide bonds. The highest BCUT2D eigenvalue weighted by atomic mass is 16.3. The second-order valence-electron chi connectivity index (χ2n) is 7.44. The average molecular weight is 415 g/mol. The second-order valence-corrected chi connectivity index (χ2v) is 7.44. The van der Waals surface area contributed by atoms with Gasteiger partial charge in [-0.1, -0.05) is 12.1 Å². The standard InChI is InChI=1S/C24H24N6O.H2/c1-15-12-31-23-8-7-19(10-21(15)23)22-11-24(29-17(3)28-22)27-16(2)18-5-4-6-20(9-18)30(13-25)14-26;/h4-14,16,25-26H,1-3H3,(H,27,28,29);1H. The van der Waals surface area contributed by atoms with Gasteiger partial charge in [0.2, 0.25) is 0 Å². The van der Waals surface area contributed by atoms with E-state index >= 15 is 0 Å². The lowest BCUT2D eigenvalue weighted by Gasteiger charge is -2.19. The van der Waals surface area contributed by atoms with Gasteiger partial charge in [0.1, 0.15) is 17.2 Å². The molecule has 158 valence electrons. The monoisotopic (exact) mass is 414 g/mol. The van der Waals surface area contributed by atoms with Gasteiger partial charge in [0.05, 0.1) is 30.7 Å². The maximum atomic E-state index is 7.45.